The molecule has 0 saturated carbocycles. The molecule has 0 heterocycles. The molecular weight excluding hydrogens is 170 g/mol. The maximum absolute atomic E-state index is 11.2. The van der Waals surface area contributed by atoms with Crippen molar-refractivity contribution < 1.29 is 9.90 Å². The van der Waals surface area contributed by atoms with Crippen LogP contribution >= 0.6 is 0 Å². The van der Waals surface area contributed by atoms with Crippen molar-refractivity contribution in [1.29, 1.82) is 10.5 Å². The lowest BCUT2D eigenvalue weighted by molar-refractivity contribution is -0.130. The van der Waals surface area contributed by atoms with Crippen molar-refractivity contribution in [2.45, 2.75) is 12.8 Å². The number of aliphatic hydroxyl groups excluding tert-OH is 1. The number of amides is 1. The third kappa shape index (κ3) is 4.78. The minimum atomic E-state index is -0.267. The van der Waals surface area contributed by atoms with E-state index in [2.05, 4.69) is 0 Å². The molecule has 0 aliphatic heterocycles. The fourth-order valence-corrected chi connectivity index (χ4v) is 0.791. The first-order valence-corrected chi connectivity index (χ1v) is 3.88. The van der Waals surface area contributed by atoms with E-state index in [-0.39, 0.29) is 32.0 Å². The topological polar surface area (TPSA) is 88.1 Å². The summed E-state index contributed by atoms with van der Waals surface area (Å²) in [5.74, 6) is -0.267. The van der Waals surface area contributed by atoms with Crippen LogP contribution in [0, 0.1) is 22.7 Å². The summed E-state index contributed by atoms with van der Waals surface area (Å²) in [6.45, 7) is -0.200. The number of carbonyl (C=O) groups excluding carboxylic acids is 1. The summed E-state index contributed by atoms with van der Waals surface area (Å²) in [7, 11) is 0. The largest absolute Gasteiger partial charge is 0.396 e. The molecule has 0 aromatic heterocycles. The normalized spacial score (nSPS) is 8.54. The van der Waals surface area contributed by atoms with Gasteiger partial charge in [-0.15, -0.1) is 0 Å². The quantitative estimate of drug-likeness (QED) is 0.586. The Kier molecular flexibility index (Phi) is 6.21. The van der Waals surface area contributed by atoms with Gasteiger partial charge >= 0.3 is 0 Å². The van der Waals surface area contributed by atoms with E-state index in [1.165, 1.54) is 0 Å². The first-order valence-electron chi connectivity index (χ1n) is 3.88. The molecule has 0 spiro atoms. The Morgan fingerprint density at radius 1 is 1.31 bits per heavy atom. The van der Waals surface area contributed by atoms with Gasteiger partial charge in [0, 0.05) is 13.0 Å². The van der Waals surface area contributed by atoms with Crippen molar-refractivity contribution in [2.24, 2.45) is 0 Å². The van der Waals surface area contributed by atoms with Crippen LogP contribution < -0.4 is 0 Å². The van der Waals surface area contributed by atoms with E-state index in [9.17, 15) is 4.79 Å². The van der Waals surface area contributed by atoms with Crippen molar-refractivity contribution in [3.05, 3.63) is 0 Å². The van der Waals surface area contributed by atoms with Crippen molar-refractivity contribution in [2.75, 3.05) is 19.7 Å². The van der Waals surface area contributed by atoms with Crippen LogP contribution in [-0.2, 0) is 4.79 Å². The molecule has 5 nitrogen and oxygen atoms in total. The predicted octanol–water partition coefficient (Wildman–Crippen LogP) is -0.365. The van der Waals surface area contributed by atoms with Crippen LogP contribution in [0.4, 0.5) is 0 Å². The number of hydrogen-bond acceptors (Lipinski definition) is 4. The van der Waals surface area contributed by atoms with Gasteiger partial charge in [-0.1, -0.05) is 0 Å². The molecule has 0 aliphatic rings. The Labute approximate surface area is 76.8 Å². The smallest absolute Gasteiger partial charge is 0.224 e. The number of aliphatic hydroxyl groups is 1. The Hall–Kier alpha value is -1.59. The molecule has 0 radical (unpaired) electrons. The molecule has 0 aliphatic carbocycles. The number of nitriles is 2. The fourth-order valence-electron chi connectivity index (χ4n) is 0.791. The van der Waals surface area contributed by atoms with Gasteiger partial charge < -0.3 is 10.0 Å². The van der Waals surface area contributed by atoms with Crippen LogP contribution in [0.5, 0.6) is 0 Å². The van der Waals surface area contributed by atoms with E-state index >= 15 is 0 Å². The summed E-state index contributed by atoms with van der Waals surface area (Å²) in [6, 6.07) is 3.60. The first kappa shape index (κ1) is 11.4. The third-order valence-corrected chi connectivity index (χ3v) is 1.42. The summed E-state index contributed by atoms with van der Waals surface area (Å²) < 4.78 is 0. The Balaban J connectivity index is 3.98. The molecule has 0 aromatic carbocycles. The van der Waals surface area contributed by atoms with Crippen molar-refractivity contribution in [3.63, 3.8) is 0 Å². The predicted molar refractivity (Wildman–Crippen MR) is 44.1 cm³/mol. The van der Waals surface area contributed by atoms with Crippen LogP contribution in [0.25, 0.3) is 0 Å². The molecule has 70 valence electrons. The highest BCUT2D eigenvalue weighted by atomic mass is 16.3. The number of nitrogens with zero attached hydrogens (tertiary/aromatic N) is 3. The summed E-state index contributed by atoms with van der Waals surface area (Å²) in [5.41, 5.74) is 0. The second kappa shape index (κ2) is 7.08. The molecule has 0 bridgehead atoms. The van der Waals surface area contributed by atoms with Gasteiger partial charge in [0.05, 0.1) is 12.1 Å². The van der Waals surface area contributed by atoms with Gasteiger partial charge in [0.1, 0.15) is 13.1 Å². The lowest BCUT2D eigenvalue weighted by Crippen LogP contribution is -2.31. The van der Waals surface area contributed by atoms with Crippen LogP contribution in [-0.4, -0.2) is 35.6 Å². The molecule has 0 fully saturated rings. The second-order valence-electron chi connectivity index (χ2n) is 2.39. The monoisotopic (exact) mass is 181 g/mol. The second-order valence-corrected chi connectivity index (χ2v) is 2.39. The molecule has 0 atom stereocenters. The molecule has 1 amide bonds. The zero-order valence-electron chi connectivity index (χ0n) is 7.23. The Bertz CT molecular complexity index is 223. The minimum Gasteiger partial charge on any atom is -0.396 e. The van der Waals surface area contributed by atoms with E-state index in [0.717, 1.165) is 4.90 Å². The average Bonchev–Trinajstić information content (AvgIpc) is 2.14. The van der Waals surface area contributed by atoms with Gasteiger partial charge in [0.25, 0.3) is 0 Å². The van der Waals surface area contributed by atoms with Crippen LogP contribution in [0.3, 0.4) is 0 Å². The van der Waals surface area contributed by atoms with Gasteiger partial charge in [0.2, 0.25) is 5.91 Å². The molecule has 13 heavy (non-hydrogen) atoms. The first-order chi connectivity index (χ1) is 6.26. The standard InChI is InChI=1S/C8H11N3O2/c9-3-5-11(6-4-10)8(13)2-1-7-12/h12H,1-2,5-7H2. The molecule has 5 heteroatoms. The van der Waals surface area contributed by atoms with E-state index in [1.807, 2.05) is 0 Å². The highest BCUT2D eigenvalue weighted by molar-refractivity contribution is 5.76. The zero-order chi connectivity index (χ0) is 10.1. The third-order valence-electron chi connectivity index (χ3n) is 1.42. The highest BCUT2D eigenvalue weighted by Crippen LogP contribution is 1.96. The zero-order valence-corrected chi connectivity index (χ0v) is 7.23. The number of carbonyl (C=O) groups is 1. The van der Waals surface area contributed by atoms with Gasteiger partial charge in [-0.05, 0) is 6.42 Å². The van der Waals surface area contributed by atoms with Crippen LogP contribution in [0.1, 0.15) is 12.8 Å². The van der Waals surface area contributed by atoms with Gasteiger partial charge in [-0.25, -0.2) is 0 Å². The number of hydrogen-bond donors (Lipinski definition) is 1. The van der Waals surface area contributed by atoms with Gasteiger partial charge in [-0.3, -0.25) is 4.79 Å². The molecule has 0 aromatic rings. The molecule has 1 N–H and O–H groups in total. The fraction of sp³-hybridized carbons (Fsp3) is 0.625. The summed E-state index contributed by atoms with van der Waals surface area (Å²) in [4.78, 5) is 12.4. The Morgan fingerprint density at radius 2 is 1.85 bits per heavy atom. The average molecular weight is 181 g/mol. The van der Waals surface area contributed by atoms with Crippen molar-refractivity contribution in [3.8, 4) is 12.1 Å². The molecule has 0 saturated heterocycles. The maximum Gasteiger partial charge on any atom is 0.224 e. The highest BCUT2D eigenvalue weighted by Gasteiger charge is 2.11. The maximum atomic E-state index is 11.2. The summed E-state index contributed by atoms with van der Waals surface area (Å²) in [6.07, 6.45) is 0.548. The van der Waals surface area contributed by atoms with Crippen LogP contribution in [0.2, 0.25) is 0 Å². The Morgan fingerprint density at radius 3 is 2.23 bits per heavy atom. The van der Waals surface area contributed by atoms with Crippen LogP contribution in [0.15, 0.2) is 0 Å². The van der Waals surface area contributed by atoms with E-state index in [0.29, 0.717) is 6.42 Å². The van der Waals surface area contributed by atoms with Crippen molar-refractivity contribution >= 4 is 5.91 Å². The molecule has 0 unspecified atom stereocenters. The van der Waals surface area contributed by atoms with Gasteiger partial charge in [-0.2, -0.15) is 10.5 Å². The lowest BCUT2D eigenvalue weighted by atomic mass is 10.3. The van der Waals surface area contributed by atoms with E-state index < -0.39 is 0 Å². The minimum absolute atomic E-state index is 0.0569. The lowest BCUT2D eigenvalue weighted by Gasteiger charge is -2.14. The van der Waals surface area contributed by atoms with E-state index in [1.54, 1.807) is 12.1 Å². The van der Waals surface area contributed by atoms with Crippen molar-refractivity contribution in [1.82, 2.24) is 4.90 Å². The molecule has 0 rings (SSSR count). The number of rotatable bonds is 5. The summed E-state index contributed by atoms with van der Waals surface area (Å²) in [5, 5.41) is 25.1. The SMILES string of the molecule is N#CCN(CC#N)C(=O)CCCO. The summed E-state index contributed by atoms with van der Waals surface area (Å²) >= 11 is 0. The van der Waals surface area contributed by atoms with E-state index in [4.69, 9.17) is 15.6 Å². The van der Waals surface area contributed by atoms with Gasteiger partial charge in [0.15, 0.2) is 0 Å². The molecular formula is C8H11N3O2.